The van der Waals surface area contributed by atoms with Crippen molar-refractivity contribution in [1.82, 2.24) is 40.3 Å². The first-order valence-corrected chi connectivity index (χ1v) is 14.1. The van der Waals surface area contributed by atoms with Crippen LogP contribution in [0.25, 0.3) is 44.6 Å². The van der Waals surface area contributed by atoms with Gasteiger partial charge in [0, 0.05) is 73.3 Å². The van der Waals surface area contributed by atoms with Gasteiger partial charge in [-0.05, 0) is 62.2 Å². The van der Waals surface area contributed by atoms with Crippen molar-refractivity contribution in [3.63, 3.8) is 0 Å². The highest BCUT2D eigenvalue weighted by atomic mass is 15.2. The molecule has 0 bridgehead atoms. The molecule has 5 aromatic rings. The Morgan fingerprint density at radius 3 is 2.72 bits per heavy atom. The van der Waals surface area contributed by atoms with Crippen molar-refractivity contribution < 1.29 is 0 Å². The van der Waals surface area contributed by atoms with Crippen LogP contribution in [0.1, 0.15) is 31.2 Å². The number of aromatic nitrogens is 6. The Balaban J connectivity index is 1.17. The molecule has 0 radical (unpaired) electrons. The second-order valence-corrected chi connectivity index (χ2v) is 11.1. The zero-order valence-electron chi connectivity index (χ0n) is 22.5. The lowest BCUT2D eigenvalue weighted by atomic mass is 10.1. The van der Waals surface area contributed by atoms with Crippen LogP contribution in [0.3, 0.4) is 0 Å². The summed E-state index contributed by atoms with van der Waals surface area (Å²) in [7, 11) is 2.18. The lowest BCUT2D eigenvalue weighted by Crippen LogP contribution is -2.44. The van der Waals surface area contributed by atoms with Crippen LogP contribution >= 0.6 is 0 Å². The molecule has 9 heteroatoms. The molecule has 0 unspecified atom stereocenters. The van der Waals surface area contributed by atoms with Crippen molar-refractivity contribution in [2.24, 2.45) is 5.92 Å². The van der Waals surface area contributed by atoms with Crippen molar-refractivity contribution in [3.05, 3.63) is 54.6 Å². The quantitative estimate of drug-likeness (QED) is 0.288. The Kier molecular flexibility index (Phi) is 6.46. The second-order valence-electron chi connectivity index (χ2n) is 11.1. The first-order valence-electron chi connectivity index (χ1n) is 14.1. The molecule has 1 aliphatic heterocycles. The van der Waals surface area contributed by atoms with E-state index in [2.05, 4.69) is 71.6 Å². The van der Waals surface area contributed by atoms with Gasteiger partial charge in [-0.15, -0.1) is 0 Å². The van der Waals surface area contributed by atoms with E-state index in [0.29, 0.717) is 0 Å². The second kappa shape index (κ2) is 10.4. The molecule has 200 valence electrons. The van der Waals surface area contributed by atoms with Crippen molar-refractivity contribution in [1.29, 1.82) is 0 Å². The average Bonchev–Trinajstić information content (AvgIpc) is 3.73. The normalized spacial score (nSPS) is 17.1. The van der Waals surface area contributed by atoms with Crippen LogP contribution in [-0.2, 0) is 6.54 Å². The van der Waals surface area contributed by atoms with Gasteiger partial charge in [-0.2, -0.15) is 5.10 Å². The minimum atomic E-state index is 0.821. The van der Waals surface area contributed by atoms with Crippen LogP contribution < -0.4 is 10.2 Å². The number of nitrogens with one attached hydrogen (secondary N) is 3. The molecule has 0 amide bonds. The zero-order chi connectivity index (χ0) is 26.2. The summed E-state index contributed by atoms with van der Waals surface area (Å²) in [6.45, 7) is 6.07. The summed E-state index contributed by atoms with van der Waals surface area (Å²) in [5, 5.41) is 13.6. The number of H-pyrrole nitrogens is 2. The van der Waals surface area contributed by atoms with Crippen LogP contribution in [0.15, 0.2) is 49.1 Å². The molecule has 9 nitrogen and oxygen atoms in total. The van der Waals surface area contributed by atoms with Gasteiger partial charge in [0.2, 0.25) is 0 Å². The standard InChI is InChI=1S/C30H35N9/c1-38-8-10-39(11-9-38)28-6-7-33-30-24(28)14-26(35-30)29-23-13-25(34-19-27(23)36-37-29)22-12-21(17-32-18-22)16-31-15-20-4-2-3-5-20/h6-7,12-14,17-20,31H,2-5,8-11,15-16H2,1H3,(H,33,35)(H,36,37). The highest BCUT2D eigenvalue weighted by Crippen LogP contribution is 2.34. The summed E-state index contributed by atoms with van der Waals surface area (Å²) < 4.78 is 0. The number of piperazine rings is 1. The van der Waals surface area contributed by atoms with Gasteiger partial charge in [-0.25, -0.2) is 4.98 Å². The summed E-state index contributed by atoms with van der Waals surface area (Å²) in [6, 6.07) is 8.61. The number of anilines is 1. The molecular weight excluding hydrogens is 486 g/mol. The lowest BCUT2D eigenvalue weighted by molar-refractivity contribution is 0.313. The Morgan fingerprint density at radius 1 is 0.974 bits per heavy atom. The van der Waals surface area contributed by atoms with E-state index in [9.17, 15) is 0 Å². The third kappa shape index (κ3) is 4.88. The van der Waals surface area contributed by atoms with E-state index in [0.717, 1.165) is 89.8 Å². The Labute approximate surface area is 228 Å². The summed E-state index contributed by atoms with van der Waals surface area (Å²) in [5.41, 5.74) is 7.92. The van der Waals surface area contributed by atoms with Crippen LogP contribution in [0.4, 0.5) is 5.69 Å². The predicted molar refractivity (Wildman–Crippen MR) is 156 cm³/mol. The first kappa shape index (κ1) is 24.2. The van der Waals surface area contributed by atoms with E-state index >= 15 is 0 Å². The van der Waals surface area contributed by atoms with Gasteiger partial charge in [0.15, 0.2) is 0 Å². The number of rotatable bonds is 7. The van der Waals surface area contributed by atoms with Gasteiger partial charge < -0.3 is 20.1 Å². The van der Waals surface area contributed by atoms with Crippen LogP contribution in [-0.4, -0.2) is 74.8 Å². The fraction of sp³-hybridized carbons (Fsp3) is 0.400. The summed E-state index contributed by atoms with van der Waals surface area (Å²) in [4.78, 5) is 22.2. The van der Waals surface area contributed by atoms with Crippen molar-refractivity contribution in [2.45, 2.75) is 32.2 Å². The number of hydrogen-bond donors (Lipinski definition) is 3. The summed E-state index contributed by atoms with van der Waals surface area (Å²) in [5.74, 6) is 0.821. The van der Waals surface area contributed by atoms with Gasteiger partial charge in [-0.3, -0.25) is 15.1 Å². The number of hydrogen-bond acceptors (Lipinski definition) is 7. The molecule has 2 fully saturated rings. The molecule has 39 heavy (non-hydrogen) atoms. The zero-order valence-corrected chi connectivity index (χ0v) is 22.5. The van der Waals surface area contributed by atoms with Crippen molar-refractivity contribution >= 4 is 27.6 Å². The SMILES string of the molecule is CN1CCN(c2ccnc3[nH]c(-c4n[nH]c5cnc(-c6cncc(CNCC7CCCC7)c6)cc45)cc23)CC1. The van der Waals surface area contributed by atoms with E-state index < -0.39 is 0 Å². The molecule has 6 heterocycles. The van der Waals surface area contributed by atoms with Gasteiger partial charge in [-0.1, -0.05) is 12.8 Å². The van der Waals surface area contributed by atoms with E-state index in [4.69, 9.17) is 4.98 Å². The highest BCUT2D eigenvalue weighted by Gasteiger charge is 2.20. The maximum atomic E-state index is 4.73. The summed E-state index contributed by atoms with van der Waals surface area (Å²) in [6.07, 6.45) is 13.1. The molecule has 1 saturated heterocycles. The Bertz CT molecular complexity index is 1590. The monoisotopic (exact) mass is 521 g/mol. The average molecular weight is 522 g/mol. The Morgan fingerprint density at radius 2 is 1.85 bits per heavy atom. The van der Waals surface area contributed by atoms with E-state index in [1.807, 2.05) is 24.8 Å². The van der Waals surface area contributed by atoms with Gasteiger partial charge in [0.05, 0.1) is 23.1 Å². The minimum Gasteiger partial charge on any atom is -0.368 e. The maximum absolute atomic E-state index is 4.73. The van der Waals surface area contributed by atoms with Crippen molar-refractivity contribution in [3.8, 4) is 22.6 Å². The largest absolute Gasteiger partial charge is 0.368 e. The third-order valence-corrected chi connectivity index (χ3v) is 8.38. The summed E-state index contributed by atoms with van der Waals surface area (Å²) >= 11 is 0. The number of fused-ring (bicyclic) bond motifs is 2. The predicted octanol–water partition coefficient (Wildman–Crippen LogP) is 4.59. The smallest absolute Gasteiger partial charge is 0.139 e. The number of pyridine rings is 3. The van der Waals surface area contributed by atoms with E-state index in [1.54, 1.807) is 0 Å². The molecule has 7 rings (SSSR count). The molecule has 5 aromatic heterocycles. The van der Waals surface area contributed by atoms with Gasteiger partial charge in [0.25, 0.3) is 0 Å². The molecule has 1 aliphatic carbocycles. The molecule has 2 aliphatic rings. The molecule has 1 saturated carbocycles. The third-order valence-electron chi connectivity index (χ3n) is 8.38. The van der Waals surface area contributed by atoms with Gasteiger partial charge >= 0.3 is 0 Å². The number of likely N-dealkylation sites (N-methyl/N-ethyl adjacent to an activating group) is 1. The number of aromatic amines is 2. The van der Waals surface area contributed by atoms with Crippen LogP contribution in [0.5, 0.6) is 0 Å². The molecule has 3 N–H and O–H groups in total. The molecular formula is C30H35N9. The topological polar surface area (TPSA) is 102 Å². The molecule has 0 spiro atoms. The maximum Gasteiger partial charge on any atom is 0.139 e. The fourth-order valence-corrected chi connectivity index (χ4v) is 6.10. The van der Waals surface area contributed by atoms with Crippen molar-refractivity contribution in [2.75, 3.05) is 44.7 Å². The van der Waals surface area contributed by atoms with Crippen LogP contribution in [0, 0.1) is 5.92 Å². The fourth-order valence-electron chi connectivity index (χ4n) is 6.10. The van der Waals surface area contributed by atoms with Crippen LogP contribution in [0.2, 0.25) is 0 Å². The van der Waals surface area contributed by atoms with E-state index in [1.165, 1.54) is 36.9 Å². The first-order chi connectivity index (χ1) is 19.2. The van der Waals surface area contributed by atoms with Gasteiger partial charge in [0.1, 0.15) is 11.3 Å². The lowest BCUT2D eigenvalue weighted by Gasteiger charge is -2.34. The Hall–Kier alpha value is -3.82. The molecule has 0 aromatic carbocycles. The highest BCUT2D eigenvalue weighted by molar-refractivity contribution is 5.99. The minimum absolute atomic E-state index is 0.821. The number of nitrogens with zero attached hydrogens (tertiary/aromatic N) is 6. The molecule has 0 atom stereocenters. The van der Waals surface area contributed by atoms with E-state index in [-0.39, 0.29) is 0 Å².